The first-order valence-electron chi connectivity index (χ1n) is 12.8. The normalized spacial score (nSPS) is 18.2. The number of benzene rings is 2. The Morgan fingerprint density at radius 2 is 1.64 bits per heavy atom. The lowest BCUT2D eigenvalue weighted by Crippen LogP contribution is -2.44. The number of hydrogen-bond acceptors (Lipinski definition) is 9. The van der Waals surface area contributed by atoms with E-state index in [-0.39, 0.29) is 45.5 Å². The lowest BCUT2D eigenvalue weighted by molar-refractivity contribution is -0.257. The molecular weight excluding hydrogens is 623 g/mol. The molecule has 1 fully saturated rings. The van der Waals surface area contributed by atoms with Gasteiger partial charge >= 0.3 is 12.1 Å². The van der Waals surface area contributed by atoms with Crippen molar-refractivity contribution in [2.75, 3.05) is 22.9 Å². The Bertz CT molecular complexity index is 1700. The van der Waals surface area contributed by atoms with E-state index in [1.54, 1.807) is 0 Å². The number of carbonyl (C=O) groups excluding carboxylic acids is 1. The van der Waals surface area contributed by atoms with Crippen LogP contribution in [-0.2, 0) is 45.7 Å². The van der Waals surface area contributed by atoms with Crippen molar-refractivity contribution >= 4 is 41.4 Å². The van der Waals surface area contributed by atoms with Gasteiger partial charge in [-0.05, 0) is 69.0 Å². The number of nitrogens with zero attached hydrogens (tertiary/aromatic N) is 1. The van der Waals surface area contributed by atoms with Crippen LogP contribution in [0.1, 0.15) is 38.7 Å². The van der Waals surface area contributed by atoms with Gasteiger partial charge in [-0.2, -0.15) is 13.2 Å². The van der Waals surface area contributed by atoms with Crippen molar-refractivity contribution < 1.29 is 52.7 Å². The van der Waals surface area contributed by atoms with Crippen molar-refractivity contribution in [1.82, 2.24) is 0 Å². The first-order chi connectivity index (χ1) is 19.2. The van der Waals surface area contributed by atoms with Crippen LogP contribution >= 0.6 is 0 Å². The zero-order valence-corrected chi connectivity index (χ0v) is 25.4. The molecule has 0 amide bonds. The maximum atomic E-state index is 13.9. The second-order valence-corrected chi connectivity index (χ2v) is 17.1. The molecule has 1 atom stereocenters. The predicted molar refractivity (Wildman–Crippen MR) is 146 cm³/mol. The van der Waals surface area contributed by atoms with Gasteiger partial charge < -0.3 is 9.47 Å². The van der Waals surface area contributed by atoms with Crippen molar-refractivity contribution in [3.8, 4) is 5.75 Å². The van der Waals surface area contributed by atoms with Gasteiger partial charge in [0.15, 0.2) is 19.7 Å². The van der Waals surface area contributed by atoms with Gasteiger partial charge in [0.1, 0.15) is 11.9 Å². The molecule has 1 heterocycles. The van der Waals surface area contributed by atoms with Crippen molar-refractivity contribution in [1.29, 1.82) is 0 Å². The fourth-order valence-corrected chi connectivity index (χ4v) is 8.34. The van der Waals surface area contributed by atoms with Crippen LogP contribution < -0.4 is 9.04 Å². The number of anilines is 1. The Morgan fingerprint density at radius 1 is 1.00 bits per heavy atom. The van der Waals surface area contributed by atoms with Crippen LogP contribution in [0.5, 0.6) is 5.75 Å². The van der Waals surface area contributed by atoms with Gasteiger partial charge in [0.25, 0.3) is 10.0 Å². The van der Waals surface area contributed by atoms with Crippen LogP contribution in [0.15, 0.2) is 52.3 Å². The molecule has 0 N–H and O–H groups in total. The molecule has 2 aliphatic rings. The number of halogens is 3. The molecule has 2 aromatic rings. The molecule has 1 aliphatic heterocycles. The van der Waals surface area contributed by atoms with Crippen molar-refractivity contribution in [2.45, 2.75) is 72.5 Å². The molecule has 232 valence electrons. The number of alkyl halides is 3. The summed E-state index contributed by atoms with van der Waals surface area (Å²) in [6.45, 7) is 1.07. The van der Waals surface area contributed by atoms with Crippen molar-refractivity contribution in [3.63, 3.8) is 0 Å². The van der Waals surface area contributed by atoms with Gasteiger partial charge in [0.05, 0.1) is 39.4 Å². The number of sulfonamides is 1. The summed E-state index contributed by atoms with van der Waals surface area (Å²) in [5, 5.41) is -0.420. The Labute approximate surface area is 242 Å². The van der Waals surface area contributed by atoms with E-state index in [2.05, 4.69) is 4.74 Å². The number of rotatable bonds is 10. The van der Waals surface area contributed by atoms with E-state index in [1.165, 1.54) is 36.4 Å². The second kappa shape index (κ2) is 11.0. The number of carbonyl (C=O) groups is 1. The summed E-state index contributed by atoms with van der Waals surface area (Å²) in [6.07, 6.45) is -4.29. The van der Waals surface area contributed by atoms with E-state index in [4.69, 9.17) is 4.74 Å². The summed E-state index contributed by atoms with van der Waals surface area (Å²) in [5.74, 6) is -1.40. The zero-order valence-electron chi connectivity index (χ0n) is 22.9. The van der Waals surface area contributed by atoms with E-state index < -0.39 is 65.2 Å². The van der Waals surface area contributed by atoms with E-state index >= 15 is 0 Å². The van der Waals surface area contributed by atoms with Crippen molar-refractivity contribution in [2.24, 2.45) is 0 Å². The van der Waals surface area contributed by atoms with E-state index in [9.17, 15) is 43.2 Å². The standard InChI is InChI=1S/C26H30F3NO9S3/c1-25(2,26(27,28)29)39-24(31)14-17-7-10-23-22(13-17)30(16-18(38-23)11-12-41(34,35)19-8-9-19)42(36,37)21-6-4-5-20(15-21)40(3,32)33/h4-7,10,13,15,18-19H,8-9,11-12,14,16H2,1-3H3/t18-/m0/s1. The molecule has 16 heteroatoms. The van der Waals surface area contributed by atoms with Crippen molar-refractivity contribution in [3.05, 3.63) is 48.0 Å². The quantitative estimate of drug-likeness (QED) is 0.353. The van der Waals surface area contributed by atoms with E-state index in [0.29, 0.717) is 26.7 Å². The fourth-order valence-electron chi connectivity index (χ4n) is 4.27. The number of hydrogen-bond donors (Lipinski definition) is 0. The van der Waals surface area contributed by atoms with Gasteiger partial charge in [-0.15, -0.1) is 0 Å². The first-order valence-corrected chi connectivity index (χ1v) is 17.9. The summed E-state index contributed by atoms with van der Waals surface area (Å²) in [5.41, 5.74) is -2.68. The molecule has 42 heavy (non-hydrogen) atoms. The van der Waals surface area contributed by atoms with Gasteiger partial charge in [0.2, 0.25) is 5.60 Å². The van der Waals surface area contributed by atoms with Crippen LogP contribution in [0.3, 0.4) is 0 Å². The summed E-state index contributed by atoms with van der Waals surface area (Å²) >= 11 is 0. The van der Waals surface area contributed by atoms with Crippen LogP contribution in [0.2, 0.25) is 0 Å². The minimum atomic E-state index is -4.82. The number of esters is 1. The third-order valence-corrected chi connectivity index (χ3v) is 12.1. The van der Waals surface area contributed by atoms with Gasteiger partial charge in [-0.3, -0.25) is 9.10 Å². The van der Waals surface area contributed by atoms with Gasteiger partial charge in [-0.1, -0.05) is 12.1 Å². The van der Waals surface area contributed by atoms with Crippen LogP contribution in [0.25, 0.3) is 0 Å². The number of sulfone groups is 2. The highest BCUT2D eigenvalue weighted by molar-refractivity contribution is 7.93. The number of ether oxygens (including phenoxy) is 2. The molecule has 1 aliphatic carbocycles. The molecule has 0 radical (unpaired) electrons. The molecule has 0 saturated heterocycles. The predicted octanol–water partition coefficient (Wildman–Crippen LogP) is 3.44. The Hall–Kier alpha value is -2.85. The highest BCUT2D eigenvalue weighted by Crippen LogP contribution is 2.40. The molecule has 0 bridgehead atoms. The monoisotopic (exact) mass is 653 g/mol. The maximum Gasteiger partial charge on any atom is 0.427 e. The average molecular weight is 654 g/mol. The highest BCUT2D eigenvalue weighted by Gasteiger charge is 2.50. The summed E-state index contributed by atoms with van der Waals surface area (Å²) in [4.78, 5) is 11.8. The smallest absolute Gasteiger partial charge is 0.427 e. The molecular formula is C26H30F3NO9S3. The van der Waals surface area contributed by atoms with Gasteiger partial charge in [-0.25, -0.2) is 25.3 Å². The maximum absolute atomic E-state index is 13.9. The van der Waals surface area contributed by atoms with E-state index in [0.717, 1.165) is 16.6 Å². The average Bonchev–Trinajstić information content (AvgIpc) is 3.72. The third kappa shape index (κ3) is 7.02. The van der Waals surface area contributed by atoms with Crippen LogP contribution in [-0.4, -0.2) is 72.9 Å². The summed E-state index contributed by atoms with van der Waals surface area (Å²) in [7, 11) is -11.6. The molecule has 0 aromatic heterocycles. The molecule has 2 aromatic carbocycles. The first kappa shape index (κ1) is 32.1. The lowest BCUT2D eigenvalue weighted by atomic mass is 10.1. The lowest BCUT2D eigenvalue weighted by Gasteiger charge is -2.36. The molecule has 4 rings (SSSR count). The van der Waals surface area contributed by atoms with Gasteiger partial charge in [0, 0.05) is 6.26 Å². The topological polar surface area (TPSA) is 141 Å². The molecule has 0 spiro atoms. The van der Waals surface area contributed by atoms with Crippen LogP contribution in [0.4, 0.5) is 18.9 Å². The minimum Gasteiger partial charge on any atom is -0.486 e. The Kier molecular flexibility index (Phi) is 8.41. The van der Waals surface area contributed by atoms with Crippen LogP contribution in [0, 0.1) is 0 Å². The number of fused-ring (bicyclic) bond motifs is 1. The summed E-state index contributed by atoms with van der Waals surface area (Å²) in [6, 6.07) is 8.65. The van der Waals surface area contributed by atoms with E-state index in [1.807, 2.05) is 0 Å². The SMILES string of the molecule is CC(C)(OC(=O)Cc1ccc2c(c1)N(S(=O)(=O)c1cccc(S(C)(=O)=O)c1)C[C@H](CCS(=O)(=O)C1CC1)O2)C(F)(F)F. The minimum absolute atomic E-state index is 0.0196. The molecule has 0 unspecified atom stereocenters. The molecule has 10 nitrogen and oxygen atoms in total. The third-order valence-electron chi connectivity index (χ3n) is 6.93. The second-order valence-electron chi connectivity index (χ2n) is 10.8. The summed E-state index contributed by atoms with van der Waals surface area (Å²) < 4.78 is 128. The highest BCUT2D eigenvalue weighted by atomic mass is 32.2. The Morgan fingerprint density at radius 3 is 2.24 bits per heavy atom. The zero-order chi connectivity index (χ0) is 31.3. The molecule has 1 saturated carbocycles. The fraction of sp³-hybridized carbons (Fsp3) is 0.500. The largest absolute Gasteiger partial charge is 0.486 e. The Balaban J connectivity index is 1.69.